The minimum absolute atomic E-state index is 0.838. The maximum Gasteiger partial charge on any atom is 0.490 e. The van der Waals surface area contributed by atoms with Gasteiger partial charge in [-0.25, -0.2) is 0 Å². The lowest BCUT2D eigenvalue weighted by Crippen LogP contribution is -2.02. The van der Waals surface area contributed by atoms with Gasteiger partial charge >= 0.3 is 6.01 Å². The molecule has 0 radical (unpaired) electrons. The predicted octanol–water partition coefficient (Wildman–Crippen LogP) is 4.03. The maximum absolute atomic E-state index is 3.79. The fourth-order valence-corrected chi connectivity index (χ4v) is 2.48. The number of hydrogen-bond acceptors (Lipinski definition) is 0. The minimum atomic E-state index is 0.838. The minimum Gasteiger partial charge on any atom is -0.0985 e. The normalized spacial score (nSPS) is 12.7. The molecular formula is C18H18N2+2. The Hall–Kier alpha value is -2.44. The number of para-hydroxylation sites is 2. The van der Waals surface area contributed by atoms with Gasteiger partial charge in [0.15, 0.2) is 13.1 Å². The van der Waals surface area contributed by atoms with Crippen LogP contribution in [0.1, 0.15) is 18.1 Å². The second kappa shape index (κ2) is 5.28. The molecule has 2 aromatic rings. The van der Waals surface area contributed by atoms with Crippen LogP contribution in [0.15, 0.2) is 55.1 Å². The third-order valence-corrected chi connectivity index (χ3v) is 3.58. The average molecular weight is 262 g/mol. The molecule has 0 aliphatic carbocycles. The van der Waals surface area contributed by atoms with Gasteiger partial charge in [0.2, 0.25) is 0 Å². The second-order valence-corrected chi connectivity index (χ2v) is 4.86. The summed E-state index contributed by atoms with van der Waals surface area (Å²) in [7, 11) is 0. The van der Waals surface area contributed by atoms with Gasteiger partial charge in [-0.3, -0.25) is 0 Å². The Morgan fingerprint density at radius 3 is 2.25 bits per heavy atom. The molecule has 1 aliphatic rings. The largest absolute Gasteiger partial charge is 0.490 e. The van der Waals surface area contributed by atoms with E-state index < -0.39 is 0 Å². The molecule has 0 spiro atoms. The van der Waals surface area contributed by atoms with Gasteiger partial charge in [-0.05, 0) is 12.5 Å². The Morgan fingerprint density at radius 1 is 1.00 bits per heavy atom. The molecule has 0 amide bonds. The average Bonchev–Trinajstić information content (AvgIpc) is 2.86. The second-order valence-electron chi connectivity index (χ2n) is 4.86. The summed E-state index contributed by atoms with van der Waals surface area (Å²) in [5.41, 5.74) is 4.88. The van der Waals surface area contributed by atoms with Crippen LogP contribution in [0.25, 0.3) is 6.08 Å². The zero-order valence-electron chi connectivity index (χ0n) is 11.7. The third kappa shape index (κ3) is 2.22. The molecule has 0 unspecified atom stereocenters. The predicted molar refractivity (Wildman–Crippen MR) is 82.1 cm³/mol. The van der Waals surface area contributed by atoms with E-state index in [0.29, 0.717) is 0 Å². The lowest BCUT2D eigenvalue weighted by molar-refractivity contribution is -0.475. The summed E-state index contributed by atoms with van der Waals surface area (Å²) in [6, 6.07) is 20.4. The zero-order valence-corrected chi connectivity index (χ0v) is 11.7. The van der Waals surface area contributed by atoms with Crippen LogP contribution in [0, 0.1) is 0 Å². The molecule has 0 bridgehead atoms. The van der Waals surface area contributed by atoms with E-state index in [4.69, 9.17) is 0 Å². The van der Waals surface area contributed by atoms with Crippen molar-refractivity contribution < 1.29 is 9.15 Å². The van der Waals surface area contributed by atoms with Crippen LogP contribution in [0.4, 0.5) is 11.4 Å². The van der Waals surface area contributed by atoms with Crippen LogP contribution in [-0.4, -0.2) is 21.7 Å². The molecule has 1 heterocycles. The van der Waals surface area contributed by atoms with Crippen molar-refractivity contribution in [1.82, 2.24) is 0 Å². The number of benzene rings is 2. The van der Waals surface area contributed by atoms with Gasteiger partial charge in [-0.15, -0.1) is 0 Å². The van der Waals surface area contributed by atoms with E-state index in [9.17, 15) is 0 Å². The van der Waals surface area contributed by atoms with Crippen molar-refractivity contribution in [3.8, 4) is 0 Å². The highest BCUT2D eigenvalue weighted by molar-refractivity contribution is 5.59. The van der Waals surface area contributed by atoms with E-state index in [1.165, 1.54) is 16.9 Å². The summed E-state index contributed by atoms with van der Waals surface area (Å²) in [4.78, 5) is 0. The molecule has 0 aromatic heterocycles. The number of fused-ring (bicyclic) bond motifs is 1. The van der Waals surface area contributed by atoms with Gasteiger partial charge in [0, 0.05) is 17.7 Å². The lowest BCUT2D eigenvalue weighted by atomic mass is 10.1. The van der Waals surface area contributed by atoms with E-state index in [1.54, 1.807) is 0 Å². The van der Waals surface area contributed by atoms with Gasteiger partial charge in [-0.1, -0.05) is 58.2 Å². The molecule has 20 heavy (non-hydrogen) atoms. The molecular weight excluding hydrogens is 244 g/mol. The Bertz CT molecular complexity index is 717. The van der Waals surface area contributed by atoms with Gasteiger partial charge in [0.05, 0.1) is 0 Å². The topological polar surface area (TPSA) is 6.02 Å². The molecule has 2 aromatic carbocycles. The van der Waals surface area contributed by atoms with Crippen molar-refractivity contribution in [2.75, 3.05) is 6.54 Å². The van der Waals surface area contributed by atoms with Crippen LogP contribution in [0.3, 0.4) is 0 Å². The fourth-order valence-electron chi connectivity index (χ4n) is 2.48. The molecule has 2 heteroatoms. The van der Waals surface area contributed by atoms with Gasteiger partial charge < -0.3 is 0 Å². The van der Waals surface area contributed by atoms with E-state index >= 15 is 0 Å². The van der Waals surface area contributed by atoms with E-state index in [-0.39, 0.29) is 0 Å². The van der Waals surface area contributed by atoms with E-state index in [0.717, 1.165) is 18.7 Å². The number of nitrogens with zero attached hydrogens (tertiary/aromatic N) is 2. The smallest absolute Gasteiger partial charge is 0.0985 e. The summed E-state index contributed by atoms with van der Waals surface area (Å²) in [6.45, 7) is 7.70. The van der Waals surface area contributed by atoms with Crippen LogP contribution < -0.4 is 0 Å². The van der Waals surface area contributed by atoms with Gasteiger partial charge in [0.25, 0.3) is 11.4 Å². The highest BCUT2D eigenvalue weighted by Gasteiger charge is 2.31. The summed E-state index contributed by atoms with van der Waals surface area (Å²) < 4.78 is 4.34. The fraction of sp³-hybridized carbons (Fsp3) is 0.167. The molecule has 0 fully saturated rings. The molecule has 1 aliphatic heterocycles. The summed E-state index contributed by atoms with van der Waals surface area (Å²) in [5, 5.41) is 0. The third-order valence-electron chi connectivity index (χ3n) is 3.58. The first-order chi connectivity index (χ1) is 9.81. The highest BCUT2D eigenvalue weighted by atomic mass is 15.2. The maximum atomic E-state index is 3.79. The van der Waals surface area contributed by atoms with Crippen molar-refractivity contribution in [1.29, 1.82) is 0 Å². The molecule has 0 saturated carbocycles. The molecule has 0 saturated heterocycles. The Morgan fingerprint density at radius 2 is 1.65 bits per heavy atom. The van der Waals surface area contributed by atoms with Crippen LogP contribution in [-0.2, 0) is 6.54 Å². The number of hydrogen-bond donors (Lipinski definition) is 0. The zero-order chi connectivity index (χ0) is 13.9. The van der Waals surface area contributed by atoms with Crippen LogP contribution in [0.5, 0.6) is 0 Å². The van der Waals surface area contributed by atoms with Crippen molar-refractivity contribution in [2.45, 2.75) is 13.5 Å². The Balaban J connectivity index is 1.94. The monoisotopic (exact) mass is 262 g/mol. The SMILES string of the molecule is C=Cc1ccc(C[N+]2=C=[N+](CC)c3ccccc32)cc1. The molecule has 0 N–H and O–H groups in total. The first-order valence-electron chi connectivity index (χ1n) is 6.93. The summed E-state index contributed by atoms with van der Waals surface area (Å²) >= 11 is 0. The number of rotatable bonds is 4. The van der Waals surface area contributed by atoms with Crippen molar-refractivity contribution in [3.63, 3.8) is 0 Å². The molecule has 98 valence electrons. The van der Waals surface area contributed by atoms with Gasteiger partial charge in [0.1, 0.15) is 0 Å². The van der Waals surface area contributed by atoms with Crippen LogP contribution >= 0.6 is 0 Å². The van der Waals surface area contributed by atoms with Crippen LogP contribution in [0.2, 0.25) is 0 Å². The Kier molecular flexibility index (Phi) is 3.32. The van der Waals surface area contributed by atoms with Gasteiger partial charge in [-0.2, -0.15) is 0 Å². The van der Waals surface area contributed by atoms with E-state index in [1.807, 2.05) is 6.08 Å². The Labute approximate surface area is 119 Å². The molecule has 2 nitrogen and oxygen atoms in total. The standard InChI is InChI=1S/C18H18N2/c1-3-15-9-11-16(12-10-15)13-20-14-19(4-2)17-7-5-6-8-18(17)20/h3,5-12H,1,4,13H2,2H3/q+2. The first kappa shape index (κ1) is 12.6. The van der Waals surface area contributed by atoms with Crippen molar-refractivity contribution >= 4 is 23.5 Å². The van der Waals surface area contributed by atoms with Crippen molar-refractivity contribution in [3.05, 3.63) is 66.2 Å². The molecule has 3 rings (SSSR count). The first-order valence-corrected chi connectivity index (χ1v) is 6.93. The van der Waals surface area contributed by atoms with E-state index in [2.05, 4.69) is 77.2 Å². The highest BCUT2D eigenvalue weighted by Crippen LogP contribution is 2.30. The quantitative estimate of drug-likeness (QED) is 0.734. The summed E-state index contributed by atoms with van der Waals surface area (Å²) in [5.74, 6) is 0. The van der Waals surface area contributed by atoms with Crippen molar-refractivity contribution in [2.24, 2.45) is 0 Å². The molecule has 0 atom stereocenters. The lowest BCUT2D eigenvalue weighted by Gasteiger charge is -1.98. The summed E-state index contributed by atoms with van der Waals surface area (Å²) in [6.07, 6.45) is 1.87.